The van der Waals surface area contributed by atoms with Gasteiger partial charge in [-0.25, -0.2) is 0 Å². The Labute approximate surface area is 98.1 Å². The molecule has 0 spiro atoms. The molecule has 0 atom stereocenters. The van der Waals surface area contributed by atoms with E-state index in [9.17, 15) is 4.79 Å². The average molecular weight is 245 g/mol. The molecular weight excluding hydrogens is 235 g/mol. The monoisotopic (exact) mass is 244 g/mol. The molecule has 0 amide bonds. The fourth-order valence-corrected chi connectivity index (χ4v) is 2.18. The minimum atomic E-state index is 0.374. The predicted octanol–water partition coefficient (Wildman–Crippen LogP) is 3.52. The van der Waals surface area contributed by atoms with Crippen LogP contribution in [0.3, 0.4) is 0 Å². The molecule has 15 heavy (non-hydrogen) atoms. The molecule has 1 aromatic carbocycles. The maximum Gasteiger partial charge on any atom is 0.150 e. The molecule has 0 N–H and O–H groups in total. The van der Waals surface area contributed by atoms with E-state index in [1.54, 1.807) is 6.07 Å². The van der Waals surface area contributed by atoms with Gasteiger partial charge in [0, 0.05) is 11.1 Å². The summed E-state index contributed by atoms with van der Waals surface area (Å²) in [6.07, 6.45) is 3.60. The zero-order valence-electron chi connectivity index (χ0n) is 8.06. The Morgan fingerprint density at radius 2 is 2.13 bits per heavy atom. The number of aldehydes is 1. The fraction of sp³-hybridized carbons (Fsp3) is 0.364. The molecule has 2 nitrogen and oxygen atoms in total. The minimum absolute atomic E-state index is 0.374. The summed E-state index contributed by atoms with van der Waals surface area (Å²) in [5.41, 5.74) is 1.47. The first kappa shape index (κ1) is 10.8. The molecule has 0 unspecified atom stereocenters. The van der Waals surface area contributed by atoms with E-state index in [2.05, 4.69) is 0 Å². The first-order valence-electron chi connectivity index (χ1n) is 4.83. The van der Waals surface area contributed by atoms with Crippen molar-refractivity contribution in [3.05, 3.63) is 27.2 Å². The van der Waals surface area contributed by atoms with Crippen molar-refractivity contribution in [3.63, 3.8) is 0 Å². The van der Waals surface area contributed by atoms with Crippen LogP contribution in [0.25, 0.3) is 0 Å². The van der Waals surface area contributed by atoms with Crippen LogP contribution in [0.15, 0.2) is 6.07 Å². The quantitative estimate of drug-likeness (QED) is 0.707. The van der Waals surface area contributed by atoms with Gasteiger partial charge in [0.05, 0.1) is 11.6 Å². The lowest BCUT2D eigenvalue weighted by Gasteiger charge is -2.12. The molecule has 80 valence electrons. The Morgan fingerprint density at radius 3 is 2.87 bits per heavy atom. The first-order valence-corrected chi connectivity index (χ1v) is 5.58. The van der Waals surface area contributed by atoms with Crippen molar-refractivity contribution >= 4 is 29.5 Å². The van der Waals surface area contributed by atoms with Crippen LogP contribution in [0.1, 0.15) is 28.8 Å². The fourth-order valence-electron chi connectivity index (χ4n) is 1.75. The summed E-state index contributed by atoms with van der Waals surface area (Å²) in [4.78, 5) is 10.9. The predicted molar refractivity (Wildman–Crippen MR) is 60.3 cm³/mol. The second-order valence-corrected chi connectivity index (χ2v) is 4.28. The molecule has 0 bridgehead atoms. The summed E-state index contributed by atoms with van der Waals surface area (Å²) >= 11 is 12.0. The van der Waals surface area contributed by atoms with E-state index >= 15 is 0 Å². The summed E-state index contributed by atoms with van der Waals surface area (Å²) in [5.74, 6) is 0.587. The second-order valence-electron chi connectivity index (χ2n) is 3.49. The Bertz CT molecular complexity index is 402. The number of hydrogen-bond donors (Lipinski definition) is 0. The van der Waals surface area contributed by atoms with Crippen LogP contribution in [0.4, 0.5) is 0 Å². The van der Waals surface area contributed by atoms with Gasteiger partial charge in [0.15, 0.2) is 6.29 Å². The second kappa shape index (κ2) is 4.42. The summed E-state index contributed by atoms with van der Waals surface area (Å²) in [7, 11) is 0. The number of ether oxygens (including phenoxy) is 1. The van der Waals surface area contributed by atoms with Gasteiger partial charge >= 0.3 is 0 Å². The minimum Gasteiger partial charge on any atom is -0.492 e. The van der Waals surface area contributed by atoms with E-state index in [1.807, 2.05) is 0 Å². The summed E-state index contributed by atoms with van der Waals surface area (Å²) in [6.45, 7) is 0.630. The zero-order valence-corrected chi connectivity index (χ0v) is 9.57. The molecule has 0 saturated carbocycles. The van der Waals surface area contributed by atoms with Crippen LogP contribution in [-0.4, -0.2) is 12.9 Å². The number of halogens is 2. The van der Waals surface area contributed by atoms with Crippen LogP contribution in [0.5, 0.6) is 5.75 Å². The highest BCUT2D eigenvalue weighted by molar-refractivity contribution is 6.43. The Hall–Kier alpha value is -0.730. The molecule has 1 aliphatic rings. The van der Waals surface area contributed by atoms with Crippen molar-refractivity contribution in [2.75, 3.05) is 6.61 Å². The SMILES string of the molecule is O=Cc1cc(Cl)c(Cl)c2c1CCCCO2. The molecule has 1 heterocycles. The molecule has 4 heteroatoms. The maximum atomic E-state index is 10.9. The number of benzene rings is 1. The van der Waals surface area contributed by atoms with Gasteiger partial charge < -0.3 is 4.74 Å². The van der Waals surface area contributed by atoms with E-state index < -0.39 is 0 Å². The number of carbonyl (C=O) groups excluding carboxylic acids is 1. The topological polar surface area (TPSA) is 26.3 Å². The van der Waals surface area contributed by atoms with Gasteiger partial charge in [-0.2, -0.15) is 0 Å². The molecule has 1 aromatic rings. The zero-order chi connectivity index (χ0) is 10.8. The van der Waals surface area contributed by atoms with Crippen LogP contribution in [0.2, 0.25) is 10.0 Å². The highest BCUT2D eigenvalue weighted by Crippen LogP contribution is 2.39. The van der Waals surface area contributed by atoms with Crippen molar-refractivity contribution in [3.8, 4) is 5.75 Å². The molecule has 0 radical (unpaired) electrons. The summed E-state index contributed by atoms with van der Waals surface area (Å²) < 4.78 is 5.53. The molecule has 0 aliphatic carbocycles. The van der Waals surface area contributed by atoms with Crippen LogP contribution >= 0.6 is 23.2 Å². The molecular formula is C11H10Cl2O2. The van der Waals surface area contributed by atoms with Gasteiger partial charge in [-0.15, -0.1) is 0 Å². The van der Waals surface area contributed by atoms with Crippen molar-refractivity contribution in [2.45, 2.75) is 19.3 Å². The van der Waals surface area contributed by atoms with Crippen LogP contribution < -0.4 is 4.74 Å². The van der Waals surface area contributed by atoms with Gasteiger partial charge in [-0.05, 0) is 25.3 Å². The van der Waals surface area contributed by atoms with E-state index in [-0.39, 0.29) is 0 Å². The highest BCUT2D eigenvalue weighted by Gasteiger charge is 2.19. The van der Waals surface area contributed by atoms with Gasteiger partial charge in [-0.1, -0.05) is 23.2 Å². The van der Waals surface area contributed by atoms with Gasteiger partial charge in [0.2, 0.25) is 0 Å². The van der Waals surface area contributed by atoms with Crippen LogP contribution in [-0.2, 0) is 6.42 Å². The van der Waals surface area contributed by atoms with Crippen molar-refractivity contribution in [1.82, 2.24) is 0 Å². The van der Waals surface area contributed by atoms with Crippen molar-refractivity contribution in [1.29, 1.82) is 0 Å². The molecule has 0 saturated heterocycles. The molecule has 0 aromatic heterocycles. The number of carbonyl (C=O) groups is 1. The number of rotatable bonds is 1. The van der Waals surface area contributed by atoms with Crippen LogP contribution in [0, 0.1) is 0 Å². The smallest absolute Gasteiger partial charge is 0.150 e. The van der Waals surface area contributed by atoms with E-state index in [0.29, 0.717) is 28.0 Å². The van der Waals surface area contributed by atoms with E-state index in [4.69, 9.17) is 27.9 Å². The Morgan fingerprint density at radius 1 is 1.33 bits per heavy atom. The Balaban J connectivity index is 2.62. The lowest BCUT2D eigenvalue weighted by Crippen LogP contribution is -1.99. The normalized spacial score (nSPS) is 15.1. The standard InChI is InChI=1S/C11H10Cl2O2/c12-9-5-7(6-14)8-3-1-2-4-15-11(8)10(9)13/h5-6H,1-4H2. The van der Waals surface area contributed by atoms with Crippen molar-refractivity contribution in [2.24, 2.45) is 0 Å². The third-order valence-corrected chi connectivity index (χ3v) is 3.28. The van der Waals surface area contributed by atoms with E-state index in [0.717, 1.165) is 31.1 Å². The molecule has 2 rings (SSSR count). The third kappa shape index (κ3) is 1.97. The first-order chi connectivity index (χ1) is 7.24. The Kier molecular flexibility index (Phi) is 3.17. The van der Waals surface area contributed by atoms with Gasteiger partial charge in [0.25, 0.3) is 0 Å². The number of fused-ring (bicyclic) bond motifs is 1. The maximum absolute atomic E-state index is 10.9. The lowest BCUT2D eigenvalue weighted by molar-refractivity contribution is 0.112. The molecule has 1 aliphatic heterocycles. The molecule has 0 fully saturated rings. The summed E-state index contributed by atoms with van der Waals surface area (Å²) in [6, 6.07) is 1.60. The summed E-state index contributed by atoms with van der Waals surface area (Å²) in [5, 5.41) is 0.790. The number of hydrogen-bond acceptors (Lipinski definition) is 2. The third-order valence-electron chi connectivity index (χ3n) is 2.51. The van der Waals surface area contributed by atoms with Gasteiger partial charge in [0.1, 0.15) is 10.8 Å². The average Bonchev–Trinajstić information content (AvgIpc) is 2.49. The van der Waals surface area contributed by atoms with E-state index in [1.165, 1.54) is 0 Å². The van der Waals surface area contributed by atoms with Crippen molar-refractivity contribution < 1.29 is 9.53 Å². The largest absolute Gasteiger partial charge is 0.492 e. The van der Waals surface area contributed by atoms with Gasteiger partial charge in [-0.3, -0.25) is 4.79 Å². The highest BCUT2D eigenvalue weighted by atomic mass is 35.5. The lowest BCUT2D eigenvalue weighted by atomic mass is 10.0.